The molecule has 0 aliphatic heterocycles. The predicted octanol–water partition coefficient (Wildman–Crippen LogP) is 4.45. The number of allylic oxidation sites excluding steroid dienone is 8. The van der Waals surface area contributed by atoms with Gasteiger partial charge in [-0.15, -0.1) is 0 Å². The van der Waals surface area contributed by atoms with Gasteiger partial charge in [0, 0.05) is 19.8 Å². The van der Waals surface area contributed by atoms with E-state index in [4.69, 9.17) is 9.47 Å². The normalized spacial score (nSPS) is 13.3. The highest BCUT2D eigenvalue weighted by atomic mass is 19.1. The number of hydrogen-bond acceptors (Lipinski definition) is 4. The molecule has 0 atom stereocenters. The Bertz CT molecular complexity index is 697. The zero-order valence-corrected chi connectivity index (χ0v) is 14.9. The number of carbonyl (C=O) groups is 1. The molecular formula is C20H23FO4. The van der Waals surface area contributed by atoms with Crippen molar-refractivity contribution in [3.8, 4) is 11.5 Å². The van der Waals surface area contributed by atoms with Gasteiger partial charge < -0.3 is 14.2 Å². The zero-order valence-electron chi connectivity index (χ0n) is 14.9. The number of benzene rings is 1. The van der Waals surface area contributed by atoms with Gasteiger partial charge in [-0.3, -0.25) is 4.79 Å². The summed E-state index contributed by atoms with van der Waals surface area (Å²) in [5.74, 6) is 0.647. The van der Waals surface area contributed by atoms with Crippen molar-refractivity contribution in [2.45, 2.75) is 6.42 Å². The maximum absolute atomic E-state index is 13.1. The van der Waals surface area contributed by atoms with Crippen LogP contribution in [0, 0.1) is 0 Å². The molecule has 0 heterocycles. The number of carbonyl (C=O) groups excluding carboxylic acids is 1. The van der Waals surface area contributed by atoms with Crippen LogP contribution in [-0.4, -0.2) is 34.2 Å². The average molecular weight is 346 g/mol. The second-order valence-corrected chi connectivity index (χ2v) is 5.07. The van der Waals surface area contributed by atoms with Gasteiger partial charge in [-0.25, -0.2) is 4.39 Å². The molecule has 1 aromatic carbocycles. The largest absolute Gasteiger partial charge is 0.493 e. The molecule has 4 nitrogen and oxygen atoms in total. The van der Waals surface area contributed by atoms with E-state index in [-0.39, 0.29) is 11.6 Å². The number of ether oxygens (including phenoxy) is 3. The molecule has 2 rings (SSSR count). The van der Waals surface area contributed by atoms with E-state index in [0.29, 0.717) is 23.5 Å². The van der Waals surface area contributed by atoms with E-state index >= 15 is 0 Å². The van der Waals surface area contributed by atoms with Crippen LogP contribution in [0.1, 0.15) is 16.8 Å². The average Bonchev–Trinajstić information content (AvgIpc) is 2.84. The molecule has 134 valence electrons. The minimum atomic E-state index is -0.272. The van der Waals surface area contributed by atoms with E-state index in [9.17, 15) is 9.18 Å². The highest BCUT2D eigenvalue weighted by Crippen LogP contribution is 2.27. The third-order valence-corrected chi connectivity index (χ3v) is 3.22. The van der Waals surface area contributed by atoms with Crippen LogP contribution in [-0.2, 0) is 4.74 Å². The number of methoxy groups -OCH3 is 3. The van der Waals surface area contributed by atoms with Crippen molar-refractivity contribution in [1.82, 2.24) is 0 Å². The summed E-state index contributed by atoms with van der Waals surface area (Å²) in [4.78, 5) is 12.2. The van der Waals surface area contributed by atoms with E-state index < -0.39 is 0 Å². The molecule has 1 aliphatic rings. The van der Waals surface area contributed by atoms with Crippen molar-refractivity contribution in [3.63, 3.8) is 0 Å². The fourth-order valence-corrected chi connectivity index (χ4v) is 2.01. The molecule has 1 aromatic rings. The van der Waals surface area contributed by atoms with Gasteiger partial charge in [0.25, 0.3) is 0 Å². The van der Waals surface area contributed by atoms with E-state index in [0.717, 1.165) is 5.57 Å². The van der Waals surface area contributed by atoms with Gasteiger partial charge >= 0.3 is 0 Å². The Kier molecular flexibility index (Phi) is 8.96. The van der Waals surface area contributed by atoms with Crippen LogP contribution in [0.4, 0.5) is 4.39 Å². The van der Waals surface area contributed by atoms with Crippen LogP contribution in [0.5, 0.6) is 11.5 Å². The standard InChI is InChI=1S/C18H17FO3.C2H6O/c1-21-17-11-8-14(12-18(17)22-2)16(20)10-7-13-4-3-5-15(19)9-6-13;1-3-2/h3-5,7-12H,6H2,1-2H3;1-2H3/b10-7+;. The minimum absolute atomic E-state index is 0.153. The van der Waals surface area contributed by atoms with Crippen LogP contribution in [0.3, 0.4) is 0 Å². The first kappa shape index (κ1) is 20.4. The molecule has 25 heavy (non-hydrogen) atoms. The van der Waals surface area contributed by atoms with Crippen LogP contribution in [0.2, 0.25) is 0 Å². The van der Waals surface area contributed by atoms with Gasteiger partial charge in [-0.05, 0) is 48.4 Å². The first-order valence-corrected chi connectivity index (χ1v) is 7.63. The van der Waals surface area contributed by atoms with E-state index in [1.807, 2.05) is 0 Å². The Morgan fingerprint density at radius 3 is 2.44 bits per heavy atom. The molecule has 0 fully saturated rings. The molecular weight excluding hydrogens is 323 g/mol. The van der Waals surface area contributed by atoms with E-state index in [1.165, 1.54) is 32.4 Å². The van der Waals surface area contributed by atoms with Crippen LogP contribution < -0.4 is 9.47 Å². The van der Waals surface area contributed by atoms with Gasteiger partial charge in [0.1, 0.15) is 5.83 Å². The van der Waals surface area contributed by atoms with Crippen molar-refractivity contribution in [2.75, 3.05) is 28.4 Å². The van der Waals surface area contributed by atoms with Gasteiger partial charge in [0.2, 0.25) is 0 Å². The molecule has 0 saturated heterocycles. The third kappa shape index (κ3) is 6.77. The molecule has 0 amide bonds. The fraction of sp³-hybridized carbons (Fsp3) is 0.250. The Morgan fingerprint density at radius 1 is 1.12 bits per heavy atom. The molecule has 0 spiro atoms. The number of hydrogen-bond donors (Lipinski definition) is 0. The van der Waals surface area contributed by atoms with Gasteiger partial charge in [0.05, 0.1) is 14.2 Å². The van der Waals surface area contributed by atoms with Crippen molar-refractivity contribution in [2.24, 2.45) is 0 Å². The van der Waals surface area contributed by atoms with Crippen LogP contribution >= 0.6 is 0 Å². The third-order valence-electron chi connectivity index (χ3n) is 3.22. The van der Waals surface area contributed by atoms with Gasteiger partial charge in [-0.2, -0.15) is 0 Å². The lowest BCUT2D eigenvalue weighted by atomic mass is 10.1. The number of ketones is 1. The van der Waals surface area contributed by atoms with Gasteiger partial charge in [0.15, 0.2) is 17.3 Å². The molecule has 0 bridgehead atoms. The summed E-state index contributed by atoms with van der Waals surface area (Å²) in [5.41, 5.74) is 1.36. The lowest BCUT2D eigenvalue weighted by Gasteiger charge is -2.08. The smallest absolute Gasteiger partial charge is 0.185 e. The van der Waals surface area contributed by atoms with Crippen molar-refractivity contribution in [3.05, 3.63) is 71.6 Å². The van der Waals surface area contributed by atoms with E-state index in [1.54, 1.807) is 50.6 Å². The summed E-state index contributed by atoms with van der Waals surface area (Å²) in [5, 5.41) is 0. The second kappa shape index (κ2) is 11.0. The minimum Gasteiger partial charge on any atom is -0.493 e. The molecule has 0 N–H and O–H groups in total. The number of halogens is 1. The predicted molar refractivity (Wildman–Crippen MR) is 97.0 cm³/mol. The molecule has 5 heteroatoms. The Hall–Kier alpha value is -2.66. The summed E-state index contributed by atoms with van der Waals surface area (Å²) in [6.07, 6.45) is 9.88. The summed E-state index contributed by atoms with van der Waals surface area (Å²) < 4.78 is 27.6. The number of rotatable bonds is 5. The second-order valence-electron chi connectivity index (χ2n) is 5.07. The van der Waals surface area contributed by atoms with Crippen LogP contribution in [0.25, 0.3) is 0 Å². The Morgan fingerprint density at radius 2 is 1.80 bits per heavy atom. The van der Waals surface area contributed by atoms with Crippen LogP contribution in [0.15, 0.2) is 66.1 Å². The summed E-state index contributed by atoms with van der Waals surface area (Å²) in [6.45, 7) is 0. The summed E-state index contributed by atoms with van der Waals surface area (Å²) in [7, 11) is 6.31. The fourth-order valence-electron chi connectivity index (χ4n) is 2.01. The van der Waals surface area contributed by atoms with E-state index in [2.05, 4.69) is 4.74 Å². The molecule has 0 saturated carbocycles. The highest BCUT2D eigenvalue weighted by molar-refractivity contribution is 6.05. The first-order valence-electron chi connectivity index (χ1n) is 7.63. The Labute approximate surface area is 147 Å². The SMILES string of the molecule is COC.COc1ccc(C(=O)/C=C/C2=CC=CC(F)=CC2)cc1OC. The van der Waals surface area contributed by atoms with Crippen molar-refractivity contribution >= 4 is 5.78 Å². The topological polar surface area (TPSA) is 44.8 Å². The first-order chi connectivity index (χ1) is 12.0. The maximum atomic E-state index is 13.1. The van der Waals surface area contributed by atoms with Gasteiger partial charge in [-0.1, -0.05) is 18.2 Å². The summed E-state index contributed by atoms with van der Waals surface area (Å²) in [6, 6.07) is 4.99. The highest BCUT2D eigenvalue weighted by Gasteiger charge is 2.08. The quantitative estimate of drug-likeness (QED) is 0.584. The molecule has 0 radical (unpaired) electrons. The zero-order chi connectivity index (χ0) is 18.7. The lowest BCUT2D eigenvalue weighted by Crippen LogP contribution is -1.97. The van der Waals surface area contributed by atoms with Crippen molar-refractivity contribution in [1.29, 1.82) is 0 Å². The van der Waals surface area contributed by atoms with Crippen molar-refractivity contribution < 1.29 is 23.4 Å². The summed E-state index contributed by atoms with van der Waals surface area (Å²) >= 11 is 0. The molecule has 1 aliphatic carbocycles. The molecule has 0 unspecified atom stereocenters. The maximum Gasteiger partial charge on any atom is 0.185 e. The Balaban J connectivity index is 0.000000970. The monoisotopic (exact) mass is 346 g/mol. The lowest BCUT2D eigenvalue weighted by molar-refractivity contribution is 0.104. The molecule has 0 aromatic heterocycles.